The van der Waals surface area contributed by atoms with E-state index in [9.17, 15) is 4.79 Å². The van der Waals surface area contributed by atoms with Crippen molar-refractivity contribution in [1.82, 2.24) is 24.7 Å². The number of fused-ring (bicyclic) bond motifs is 2. The van der Waals surface area contributed by atoms with Gasteiger partial charge in [0, 0.05) is 30.9 Å². The summed E-state index contributed by atoms with van der Waals surface area (Å²) in [4.78, 5) is 17.1. The molecule has 0 saturated carbocycles. The van der Waals surface area contributed by atoms with Gasteiger partial charge in [0.05, 0.1) is 17.9 Å². The number of rotatable bonds is 4. The minimum atomic E-state index is 0.107. The van der Waals surface area contributed by atoms with Gasteiger partial charge in [0.15, 0.2) is 5.58 Å². The van der Waals surface area contributed by atoms with Crippen LogP contribution in [0.25, 0.3) is 11.0 Å². The smallest absolute Gasteiger partial charge is 0.272 e. The number of aryl methyl sites for hydroxylation is 1. The van der Waals surface area contributed by atoms with Crippen LogP contribution in [0.5, 0.6) is 0 Å². The van der Waals surface area contributed by atoms with E-state index in [2.05, 4.69) is 21.2 Å². The van der Waals surface area contributed by atoms with Crippen LogP contribution in [0.15, 0.2) is 34.9 Å². The molecule has 5 rings (SSSR count). The van der Waals surface area contributed by atoms with Crippen LogP contribution < -0.4 is 0 Å². The van der Waals surface area contributed by atoms with E-state index in [1.165, 1.54) is 0 Å². The van der Waals surface area contributed by atoms with E-state index >= 15 is 0 Å². The first-order valence-corrected chi connectivity index (χ1v) is 10.1. The highest BCUT2D eigenvalue weighted by Gasteiger charge is 2.28. The second-order valence-corrected chi connectivity index (χ2v) is 7.87. The Labute approximate surface area is 163 Å². The van der Waals surface area contributed by atoms with E-state index in [4.69, 9.17) is 4.52 Å². The zero-order valence-corrected chi connectivity index (χ0v) is 16.2. The summed E-state index contributed by atoms with van der Waals surface area (Å²) in [6, 6.07) is 9.99. The van der Waals surface area contributed by atoms with E-state index in [0.29, 0.717) is 5.92 Å². The zero-order chi connectivity index (χ0) is 19.1. The number of piperidine rings is 1. The predicted octanol–water partition coefficient (Wildman–Crippen LogP) is 2.67. The van der Waals surface area contributed by atoms with Gasteiger partial charge in [-0.2, -0.15) is 5.10 Å². The maximum absolute atomic E-state index is 12.7. The first-order chi connectivity index (χ1) is 13.7. The van der Waals surface area contributed by atoms with Crippen LogP contribution in [0.3, 0.4) is 0 Å². The third-order valence-electron chi connectivity index (χ3n) is 6.06. The largest absolute Gasteiger partial charge is 0.356 e. The molecule has 1 fully saturated rings. The number of benzene rings is 1. The standard InChI is InChI=1S/C21H25N5O2/c1-15-14-18-21(27)25(12-13-26(18)22-15)11-10-24-8-6-16(7-9-24)20-17-4-2-3-5-19(17)28-23-20/h2-5,14,16H,6-13H2,1H3. The SMILES string of the molecule is Cc1cc2n(n1)CCN(CCN1CCC(c3noc4ccccc34)CC1)C2=O. The highest BCUT2D eigenvalue weighted by molar-refractivity contribution is 5.93. The van der Waals surface area contributed by atoms with E-state index < -0.39 is 0 Å². The maximum Gasteiger partial charge on any atom is 0.272 e. The Hall–Kier alpha value is -2.67. The molecule has 1 amide bonds. The molecule has 4 heterocycles. The molecule has 7 heteroatoms. The lowest BCUT2D eigenvalue weighted by molar-refractivity contribution is 0.0666. The number of carbonyl (C=O) groups is 1. The molecular formula is C21H25N5O2. The van der Waals surface area contributed by atoms with Gasteiger partial charge in [-0.25, -0.2) is 0 Å². The Kier molecular flexibility index (Phi) is 4.39. The fourth-order valence-electron chi connectivity index (χ4n) is 4.47. The molecule has 0 atom stereocenters. The van der Waals surface area contributed by atoms with Crippen LogP contribution >= 0.6 is 0 Å². The van der Waals surface area contributed by atoms with E-state index in [1.807, 2.05) is 40.8 Å². The molecule has 2 aromatic heterocycles. The van der Waals surface area contributed by atoms with Crippen molar-refractivity contribution in [1.29, 1.82) is 0 Å². The van der Waals surface area contributed by atoms with Gasteiger partial charge < -0.3 is 14.3 Å². The van der Waals surface area contributed by atoms with Gasteiger partial charge in [0.1, 0.15) is 5.69 Å². The number of nitrogens with zero attached hydrogens (tertiary/aromatic N) is 5. The van der Waals surface area contributed by atoms with Gasteiger partial charge in [-0.1, -0.05) is 17.3 Å². The summed E-state index contributed by atoms with van der Waals surface area (Å²) >= 11 is 0. The molecule has 7 nitrogen and oxygen atoms in total. The summed E-state index contributed by atoms with van der Waals surface area (Å²) in [7, 11) is 0. The quantitative estimate of drug-likeness (QED) is 0.697. The van der Waals surface area contributed by atoms with Crippen molar-refractivity contribution in [2.45, 2.75) is 32.2 Å². The number of likely N-dealkylation sites (tertiary alicyclic amines) is 1. The van der Waals surface area contributed by atoms with Crippen molar-refractivity contribution in [3.8, 4) is 0 Å². The Bertz CT molecular complexity index is 999. The van der Waals surface area contributed by atoms with Crippen molar-refractivity contribution >= 4 is 16.9 Å². The van der Waals surface area contributed by atoms with Crippen LogP contribution in [-0.4, -0.2) is 63.4 Å². The highest BCUT2D eigenvalue weighted by Crippen LogP contribution is 2.32. The molecule has 28 heavy (non-hydrogen) atoms. The highest BCUT2D eigenvalue weighted by atomic mass is 16.5. The summed E-state index contributed by atoms with van der Waals surface area (Å²) in [5.41, 5.74) is 3.61. The molecule has 0 aliphatic carbocycles. The van der Waals surface area contributed by atoms with Crippen LogP contribution in [0.1, 0.15) is 40.6 Å². The van der Waals surface area contributed by atoms with Crippen molar-refractivity contribution in [2.75, 3.05) is 32.7 Å². The van der Waals surface area contributed by atoms with Crippen molar-refractivity contribution in [3.05, 3.63) is 47.4 Å². The van der Waals surface area contributed by atoms with E-state index in [0.717, 1.165) is 80.2 Å². The molecule has 0 unspecified atom stereocenters. The van der Waals surface area contributed by atoms with Crippen molar-refractivity contribution in [2.24, 2.45) is 0 Å². The molecule has 146 valence electrons. The Balaban J connectivity index is 1.17. The summed E-state index contributed by atoms with van der Waals surface area (Å²) in [5.74, 6) is 0.560. The number of hydrogen-bond donors (Lipinski definition) is 0. The molecule has 0 radical (unpaired) electrons. The maximum atomic E-state index is 12.7. The van der Waals surface area contributed by atoms with Crippen LogP contribution in [0.4, 0.5) is 0 Å². The minimum absolute atomic E-state index is 0.107. The summed E-state index contributed by atoms with van der Waals surface area (Å²) in [6.07, 6.45) is 2.16. The fraction of sp³-hybridized carbons (Fsp3) is 0.476. The van der Waals surface area contributed by atoms with Gasteiger partial charge in [0.25, 0.3) is 5.91 Å². The lowest BCUT2D eigenvalue weighted by Gasteiger charge is -2.34. The Morgan fingerprint density at radius 1 is 1.11 bits per heavy atom. The first-order valence-electron chi connectivity index (χ1n) is 10.1. The molecule has 3 aromatic rings. The first kappa shape index (κ1) is 17.4. The Morgan fingerprint density at radius 2 is 1.93 bits per heavy atom. The zero-order valence-electron chi connectivity index (χ0n) is 16.2. The number of hydrogen-bond acceptors (Lipinski definition) is 5. The number of para-hydroxylation sites is 1. The third-order valence-corrected chi connectivity index (χ3v) is 6.06. The predicted molar refractivity (Wildman–Crippen MR) is 105 cm³/mol. The van der Waals surface area contributed by atoms with Crippen LogP contribution in [-0.2, 0) is 6.54 Å². The molecular weight excluding hydrogens is 354 g/mol. The number of aromatic nitrogens is 3. The average molecular weight is 379 g/mol. The van der Waals surface area contributed by atoms with Gasteiger partial charge in [-0.05, 0) is 51.1 Å². The van der Waals surface area contributed by atoms with Crippen LogP contribution in [0.2, 0.25) is 0 Å². The second-order valence-electron chi connectivity index (χ2n) is 7.87. The third kappa shape index (κ3) is 3.09. The molecule has 2 aliphatic rings. The second kappa shape index (κ2) is 7.05. The normalized spacial score (nSPS) is 18.8. The lowest BCUT2D eigenvalue weighted by Crippen LogP contribution is -2.45. The monoisotopic (exact) mass is 379 g/mol. The fourth-order valence-corrected chi connectivity index (χ4v) is 4.47. The van der Waals surface area contributed by atoms with E-state index in [-0.39, 0.29) is 5.91 Å². The molecule has 0 bridgehead atoms. The van der Waals surface area contributed by atoms with Gasteiger partial charge >= 0.3 is 0 Å². The molecule has 1 aromatic carbocycles. The van der Waals surface area contributed by atoms with E-state index in [1.54, 1.807) is 0 Å². The summed E-state index contributed by atoms with van der Waals surface area (Å²) in [5, 5.41) is 9.87. The topological polar surface area (TPSA) is 67.4 Å². The minimum Gasteiger partial charge on any atom is -0.356 e. The molecule has 2 aliphatic heterocycles. The number of amides is 1. The molecule has 0 N–H and O–H groups in total. The van der Waals surface area contributed by atoms with Crippen molar-refractivity contribution in [3.63, 3.8) is 0 Å². The molecule has 0 spiro atoms. The Morgan fingerprint density at radius 3 is 2.79 bits per heavy atom. The van der Waals surface area contributed by atoms with Gasteiger partial charge in [-0.15, -0.1) is 0 Å². The van der Waals surface area contributed by atoms with Gasteiger partial charge in [0.2, 0.25) is 0 Å². The lowest BCUT2D eigenvalue weighted by atomic mass is 9.91. The van der Waals surface area contributed by atoms with Crippen LogP contribution in [0, 0.1) is 6.92 Å². The summed E-state index contributed by atoms with van der Waals surface area (Å²) in [6.45, 7) is 7.23. The summed E-state index contributed by atoms with van der Waals surface area (Å²) < 4.78 is 7.32. The van der Waals surface area contributed by atoms with Crippen molar-refractivity contribution < 1.29 is 9.32 Å². The molecule has 1 saturated heterocycles. The average Bonchev–Trinajstić information content (AvgIpc) is 3.31. The van der Waals surface area contributed by atoms with Gasteiger partial charge in [-0.3, -0.25) is 9.48 Å². The number of carbonyl (C=O) groups excluding carboxylic acids is 1.